The third kappa shape index (κ3) is 3.52. The van der Waals surface area contributed by atoms with E-state index in [1.165, 1.54) is 77.0 Å². The monoisotopic (exact) mass is 308 g/mol. The van der Waals surface area contributed by atoms with E-state index in [2.05, 4.69) is 0 Å². The number of hydrogen-bond acceptors (Lipinski definition) is 3. The van der Waals surface area contributed by atoms with Crippen molar-refractivity contribution < 1.29 is 14.2 Å². The highest BCUT2D eigenvalue weighted by molar-refractivity contribution is 5.04. The summed E-state index contributed by atoms with van der Waals surface area (Å²) < 4.78 is 17.4. The maximum atomic E-state index is 5.96. The summed E-state index contributed by atoms with van der Waals surface area (Å²) in [5, 5.41) is 0. The minimum atomic E-state index is 0.353. The van der Waals surface area contributed by atoms with E-state index < -0.39 is 0 Å². The van der Waals surface area contributed by atoms with Crippen LogP contribution in [0.5, 0.6) is 0 Å². The molecule has 0 aromatic heterocycles. The lowest BCUT2D eigenvalue weighted by Gasteiger charge is -2.16. The molecular formula is C19H32O3. The van der Waals surface area contributed by atoms with Gasteiger partial charge in [-0.05, 0) is 38.5 Å². The highest BCUT2D eigenvalue weighted by atomic mass is 16.6. The summed E-state index contributed by atoms with van der Waals surface area (Å²) in [4.78, 5) is 0. The van der Waals surface area contributed by atoms with Crippen molar-refractivity contribution in [3.63, 3.8) is 0 Å². The molecule has 2 aliphatic heterocycles. The number of fused-ring (bicyclic) bond motifs is 2. The van der Waals surface area contributed by atoms with Crippen LogP contribution in [0.15, 0.2) is 0 Å². The standard InChI is InChI=1S/C19H32O3/c1(2-5-11-19-12-6-4-8-17(19)22-19)3-7-13-20-14-15-9-10-16-18(15)21-16/h15-18H,1-14H2. The predicted octanol–water partition coefficient (Wildman–Crippen LogP) is 4.23. The Morgan fingerprint density at radius 2 is 1.86 bits per heavy atom. The quantitative estimate of drug-likeness (QED) is 0.447. The summed E-state index contributed by atoms with van der Waals surface area (Å²) >= 11 is 0. The fraction of sp³-hybridized carbons (Fsp3) is 1.00. The molecule has 3 nitrogen and oxygen atoms in total. The van der Waals surface area contributed by atoms with Gasteiger partial charge in [0.2, 0.25) is 0 Å². The molecule has 5 unspecified atom stereocenters. The van der Waals surface area contributed by atoms with E-state index in [1.54, 1.807) is 0 Å². The van der Waals surface area contributed by atoms with E-state index >= 15 is 0 Å². The summed E-state index contributed by atoms with van der Waals surface area (Å²) in [6, 6.07) is 0. The van der Waals surface area contributed by atoms with E-state index in [9.17, 15) is 0 Å². The van der Waals surface area contributed by atoms with Gasteiger partial charge in [0, 0.05) is 12.5 Å². The van der Waals surface area contributed by atoms with Crippen LogP contribution in [0.2, 0.25) is 0 Å². The van der Waals surface area contributed by atoms with Crippen molar-refractivity contribution in [2.45, 2.75) is 101 Å². The summed E-state index contributed by atoms with van der Waals surface area (Å²) in [7, 11) is 0. The number of unbranched alkanes of at least 4 members (excludes halogenated alkanes) is 4. The summed E-state index contributed by atoms with van der Waals surface area (Å²) in [6.45, 7) is 1.88. The Kier molecular flexibility index (Phi) is 4.75. The van der Waals surface area contributed by atoms with E-state index in [0.717, 1.165) is 13.2 Å². The van der Waals surface area contributed by atoms with Crippen LogP contribution in [-0.4, -0.2) is 37.1 Å². The molecule has 3 heteroatoms. The second-order valence-electron chi connectivity index (χ2n) is 7.99. The zero-order valence-electron chi connectivity index (χ0n) is 13.9. The van der Waals surface area contributed by atoms with Crippen molar-refractivity contribution in [1.29, 1.82) is 0 Å². The molecule has 0 spiro atoms. The predicted molar refractivity (Wildman–Crippen MR) is 86.0 cm³/mol. The average Bonchev–Trinajstić information content (AvgIpc) is 3.43. The number of ether oxygens (including phenoxy) is 3. The van der Waals surface area contributed by atoms with Gasteiger partial charge in [-0.25, -0.2) is 0 Å². The normalized spacial score (nSPS) is 42.0. The topological polar surface area (TPSA) is 34.3 Å². The number of hydrogen-bond donors (Lipinski definition) is 0. The van der Waals surface area contributed by atoms with Gasteiger partial charge in [0.15, 0.2) is 0 Å². The Morgan fingerprint density at radius 1 is 0.955 bits per heavy atom. The Balaban J connectivity index is 0.959. The van der Waals surface area contributed by atoms with Crippen LogP contribution in [0.25, 0.3) is 0 Å². The van der Waals surface area contributed by atoms with E-state index in [4.69, 9.17) is 14.2 Å². The van der Waals surface area contributed by atoms with Crippen LogP contribution in [0.3, 0.4) is 0 Å². The molecule has 0 radical (unpaired) electrons. The van der Waals surface area contributed by atoms with Gasteiger partial charge in [0.1, 0.15) is 0 Å². The maximum Gasteiger partial charge on any atom is 0.0948 e. The van der Waals surface area contributed by atoms with Gasteiger partial charge in [-0.1, -0.05) is 38.5 Å². The van der Waals surface area contributed by atoms with Gasteiger partial charge >= 0.3 is 0 Å². The molecule has 4 aliphatic rings. The smallest absolute Gasteiger partial charge is 0.0948 e. The zero-order valence-corrected chi connectivity index (χ0v) is 13.9. The number of rotatable bonds is 10. The highest BCUT2D eigenvalue weighted by Crippen LogP contribution is 2.50. The van der Waals surface area contributed by atoms with Crippen molar-refractivity contribution in [1.82, 2.24) is 0 Å². The first kappa shape index (κ1) is 15.4. The lowest BCUT2D eigenvalue weighted by atomic mass is 9.85. The van der Waals surface area contributed by atoms with Crippen LogP contribution in [-0.2, 0) is 14.2 Å². The van der Waals surface area contributed by atoms with E-state index in [0.29, 0.717) is 29.8 Å². The van der Waals surface area contributed by atoms with Crippen LogP contribution >= 0.6 is 0 Å². The minimum absolute atomic E-state index is 0.353. The molecule has 2 saturated heterocycles. The lowest BCUT2D eigenvalue weighted by Crippen LogP contribution is -2.19. The molecule has 0 aromatic rings. The Bertz CT molecular complexity index is 372. The molecule has 0 N–H and O–H groups in total. The van der Waals surface area contributed by atoms with Gasteiger partial charge in [-0.15, -0.1) is 0 Å². The SMILES string of the molecule is C(CCCOCC1CCC2OC12)CCCC12CCCCC1O2. The molecular weight excluding hydrogens is 276 g/mol. The van der Waals surface area contributed by atoms with E-state index in [1.807, 2.05) is 0 Å². The van der Waals surface area contributed by atoms with Crippen molar-refractivity contribution >= 4 is 0 Å². The molecule has 0 amide bonds. The van der Waals surface area contributed by atoms with Crippen LogP contribution < -0.4 is 0 Å². The van der Waals surface area contributed by atoms with Crippen molar-refractivity contribution in [3.05, 3.63) is 0 Å². The van der Waals surface area contributed by atoms with Crippen molar-refractivity contribution in [2.75, 3.05) is 13.2 Å². The third-order valence-corrected chi connectivity index (χ3v) is 6.35. The lowest BCUT2D eigenvalue weighted by molar-refractivity contribution is 0.0801. The molecule has 0 aromatic carbocycles. The van der Waals surface area contributed by atoms with E-state index in [-0.39, 0.29) is 0 Å². The van der Waals surface area contributed by atoms with Gasteiger partial charge < -0.3 is 14.2 Å². The summed E-state index contributed by atoms with van der Waals surface area (Å²) in [6.07, 6.45) is 17.8. The largest absolute Gasteiger partial charge is 0.381 e. The van der Waals surface area contributed by atoms with Crippen molar-refractivity contribution in [2.24, 2.45) is 5.92 Å². The summed E-state index contributed by atoms with van der Waals surface area (Å²) in [5.74, 6) is 0.700. The first-order chi connectivity index (χ1) is 10.9. The molecule has 126 valence electrons. The molecule has 22 heavy (non-hydrogen) atoms. The second kappa shape index (κ2) is 6.78. The van der Waals surface area contributed by atoms with Gasteiger partial charge in [0.25, 0.3) is 0 Å². The number of epoxide rings is 2. The van der Waals surface area contributed by atoms with Gasteiger partial charge in [-0.2, -0.15) is 0 Å². The van der Waals surface area contributed by atoms with Gasteiger partial charge in [-0.3, -0.25) is 0 Å². The van der Waals surface area contributed by atoms with Crippen LogP contribution in [0.4, 0.5) is 0 Å². The molecule has 4 rings (SSSR count). The first-order valence-electron chi connectivity index (χ1n) is 9.78. The molecule has 2 heterocycles. The van der Waals surface area contributed by atoms with Crippen molar-refractivity contribution in [3.8, 4) is 0 Å². The maximum absolute atomic E-state index is 5.96. The first-order valence-corrected chi connectivity index (χ1v) is 9.78. The highest BCUT2D eigenvalue weighted by Gasteiger charge is 2.56. The van der Waals surface area contributed by atoms with Gasteiger partial charge in [0.05, 0.1) is 30.5 Å². The molecule has 4 fully saturated rings. The Morgan fingerprint density at radius 3 is 2.68 bits per heavy atom. The molecule has 2 aliphatic carbocycles. The Hall–Kier alpha value is -0.120. The average molecular weight is 308 g/mol. The Labute approximate surface area is 135 Å². The molecule has 2 saturated carbocycles. The fourth-order valence-corrected chi connectivity index (χ4v) is 4.81. The summed E-state index contributed by atoms with van der Waals surface area (Å²) in [5.41, 5.74) is 0.353. The molecule has 5 atom stereocenters. The van der Waals surface area contributed by atoms with Crippen LogP contribution in [0.1, 0.15) is 77.0 Å². The third-order valence-electron chi connectivity index (χ3n) is 6.35. The fourth-order valence-electron chi connectivity index (χ4n) is 4.81. The molecule has 0 bridgehead atoms. The van der Waals surface area contributed by atoms with Crippen LogP contribution in [0, 0.1) is 5.92 Å². The minimum Gasteiger partial charge on any atom is -0.381 e. The zero-order chi connectivity index (χ0) is 14.8. The second-order valence-corrected chi connectivity index (χ2v) is 7.99.